The number of rotatable bonds is 10. The van der Waals surface area contributed by atoms with E-state index in [1.807, 2.05) is 12.1 Å². The average molecular weight is 460 g/mol. The van der Waals surface area contributed by atoms with Crippen LogP contribution in [0.1, 0.15) is 21.5 Å². The fourth-order valence-corrected chi connectivity index (χ4v) is 2.94. The molecule has 0 aliphatic rings. The summed E-state index contributed by atoms with van der Waals surface area (Å²) in [6, 6.07) is 20.6. The number of hydrogen-bond acceptors (Lipinski definition) is 6. The zero-order valence-electron chi connectivity index (χ0n) is 18.5. The van der Waals surface area contributed by atoms with Crippen LogP contribution in [-0.2, 0) is 16.0 Å². The number of benzene rings is 3. The molecular weight excluding hydrogens is 436 g/mol. The zero-order valence-corrected chi connectivity index (χ0v) is 18.5. The van der Waals surface area contributed by atoms with Gasteiger partial charge in [-0.05, 0) is 59.7 Å². The van der Waals surface area contributed by atoms with Crippen LogP contribution in [0.3, 0.4) is 0 Å². The number of carbonyl (C=O) groups excluding carboxylic acids is 3. The van der Waals surface area contributed by atoms with Crippen LogP contribution in [0.25, 0.3) is 0 Å². The summed E-state index contributed by atoms with van der Waals surface area (Å²) in [5.41, 5.74) is 9.66. The number of amides is 3. The Labute approximate surface area is 196 Å². The standard InChI is InChI=1S/C25H24N4O5/c1-33-19-10-6-17(7-11-19)14-24(31)28-22-5-3-2-4-21(22)25(32)29-27-15-18-8-12-20(13-9-18)34-16-23(26)30/h2-13,15H,14,16H2,1H3,(H2,26,30)(H,28,31)(H,29,32)/b27-15+. The molecule has 0 saturated carbocycles. The Bertz CT molecular complexity index is 1170. The first-order chi connectivity index (χ1) is 16.4. The van der Waals surface area contributed by atoms with Crippen molar-refractivity contribution in [3.8, 4) is 11.5 Å². The first-order valence-corrected chi connectivity index (χ1v) is 10.3. The maximum atomic E-state index is 12.6. The van der Waals surface area contributed by atoms with Gasteiger partial charge in [0, 0.05) is 0 Å². The molecule has 0 heterocycles. The van der Waals surface area contributed by atoms with E-state index in [2.05, 4.69) is 15.8 Å². The maximum absolute atomic E-state index is 12.6. The second-order valence-corrected chi connectivity index (χ2v) is 7.14. The number of nitrogens with one attached hydrogen (secondary N) is 2. The van der Waals surface area contributed by atoms with E-state index in [-0.39, 0.29) is 24.5 Å². The molecule has 174 valence electrons. The molecule has 3 aromatic rings. The quantitative estimate of drug-likeness (QED) is 0.316. The molecule has 3 aromatic carbocycles. The molecule has 0 saturated heterocycles. The number of anilines is 1. The Morgan fingerprint density at radius 2 is 1.62 bits per heavy atom. The second kappa shape index (κ2) is 11.8. The van der Waals surface area contributed by atoms with Gasteiger partial charge in [-0.3, -0.25) is 14.4 Å². The topological polar surface area (TPSA) is 132 Å². The number of primary amides is 1. The van der Waals surface area contributed by atoms with Gasteiger partial charge in [0.05, 0.1) is 31.0 Å². The predicted molar refractivity (Wildman–Crippen MR) is 128 cm³/mol. The third-order valence-electron chi connectivity index (χ3n) is 4.61. The summed E-state index contributed by atoms with van der Waals surface area (Å²) in [4.78, 5) is 35.9. The van der Waals surface area contributed by atoms with E-state index in [1.165, 1.54) is 6.21 Å². The van der Waals surface area contributed by atoms with Crippen LogP contribution in [0.15, 0.2) is 77.9 Å². The molecule has 0 aliphatic heterocycles. The number of para-hydroxylation sites is 1. The van der Waals surface area contributed by atoms with E-state index in [4.69, 9.17) is 15.2 Å². The highest BCUT2D eigenvalue weighted by molar-refractivity contribution is 6.04. The van der Waals surface area contributed by atoms with Gasteiger partial charge in [0.2, 0.25) is 5.91 Å². The number of hydrazone groups is 1. The number of nitrogens with zero attached hydrogens (tertiary/aromatic N) is 1. The van der Waals surface area contributed by atoms with E-state index in [1.54, 1.807) is 67.8 Å². The summed E-state index contributed by atoms with van der Waals surface area (Å²) in [5, 5.41) is 6.74. The summed E-state index contributed by atoms with van der Waals surface area (Å²) in [6.45, 7) is -0.209. The molecular formula is C25H24N4O5. The average Bonchev–Trinajstić information content (AvgIpc) is 2.84. The minimum Gasteiger partial charge on any atom is -0.497 e. The van der Waals surface area contributed by atoms with Crippen LogP contribution in [0.2, 0.25) is 0 Å². The van der Waals surface area contributed by atoms with Crippen LogP contribution < -0.4 is 25.9 Å². The first kappa shape index (κ1) is 24.0. The lowest BCUT2D eigenvalue weighted by atomic mass is 10.1. The fraction of sp³-hybridized carbons (Fsp3) is 0.120. The summed E-state index contributed by atoms with van der Waals surface area (Å²) in [6.07, 6.45) is 1.61. The van der Waals surface area contributed by atoms with Crippen molar-refractivity contribution in [2.24, 2.45) is 10.8 Å². The lowest BCUT2D eigenvalue weighted by Crippen LogP contribution is -2.22. The molecule has 0 aliphatic carbocycles. The molecule has 3 amide bonds. The summed E-state index contributed by atoms with van der Waals surface area (Å²) < 4.78 is 10.3. The van der Waals surface area contributed by atoms with Crippen molar-refractivity contribution in [2.75, 3.05) is 19.0 Å². The molecule has 3 rings (SSSR count). The molecule has 9 nitrogen and oxygen atoms in total. The highest BCUT2D eigenvalue weighted by atomic mass is 16.5. The van der Waals surface area contributed by atoms with Crippen molar-refractivity contribution in [1.29, 1.82) is 0 Å². The highest BCUT2D eigenvalue weighted by Crippen LogP contribution is 2.17. The lowest BCUT2D eigenvalue weighted by Gasteiger charge is -2.10. The van der Waals surface area contributed by atoms with Gasteiger partial charge >= 0.3 is 0 Å². The van der Waals surface area contributed by atoms with Crippen LogP contribution >= 0.6 is 0 Å². The lowest BCUT2D eigenvalue weighted by molar-refractivity contribution is -0.120. The molecule has 0 spiro atoms. The number of carbonyl (C=O) groups is 3. The molecule has 34 heavy (non-hydrogen) atoms. The predicted octanol–water partition coefficient (Wildman–Crippen LogP) is 2.50. The third kappa shape index (κ3) is 7.20. The van der Waals surface area contributed by atoms with Crippen molar-refractivity contribution < 1.29 is 23.9 Å². The zero-order chi connectivity index (χ0) is 24.3. The van der Waals surface area contributed by atoms with Crippen molar-refractivity contribution in [3.05, 3.63) is 89.5 Å². The largest absolute Gasteiger partial charge is 0.497 e. The van der Waals surface area contributed by atoms with Crippen LogP contribution in [0.5, 0.6) is 11.5 Å². The fourth-order valence-electron chi connectivity index (χ4n) is 2.94. The Morgan fingerprint density at radius 3 is 2.29 bits per heavy atom. The van der Waals surface area contributed by atoms with Crippen LogP contribution in [0.4, 0.5) is 5.69 Å². The molecule has 4 N–H and O–H groups in total. The normalized spacial score (nSPS) is 10.5. The first-order valence-electron chi connectivity index (χ1n) is 10.3. The van der Waals surface area contributed by atoms with E-state index in [9.17, 15) is 14.4 Å². The van der Waals surface area contributed by atoms with Gasteiger partial charge in [0.1, 0.15) is 11.5 Å². The molecule has 0 bridgehead atoms. The summed E-state index contributed by atoms with van der Waals surface area (Å²) in [5.74, 6) is -0.102. The molecule has 9 heteroatoms. The van der Waals surface area contributed by atoms with Gasteiger partial charge in [-0.25, -0.2) is 5.43 Å². The number of nitrogens with two attached hydrogens (primary N) is 1. The SMILES string of the molecule is COc1ccc(CC(=O)Nc2ccccc2C(=O)N/N=C/c2ccc(OCC(N)=O)cc2)cc1. The van der Waals surface area contributed by atoms with Gasteiger partial charge in [0.25, 0.3) is 11.8 Å². The van der Waals surface area contributed by atoms with Crippen molar-refractivity contribution in [3.63, 3.8) is 0 Å². The molecule has 0 aromatic heterocycles. The maximum Gasteiger partial charge on any atom is 0.273 e. The minimum atomic E-state index is -0.564. The van der Waals surface area contributed by atoms with Gasteiger partial charge in [-0.1, -0.05) is 24.3 Å². The Hall–Kier alpha value is -4.66. The van der Waals surface area contributed by atoms with Gasteiger partial charge in [-0.15, -0.1) is 0 Å². The van der Waals surface area contributed by atoms with Crippen LogP contribution in [0, 0.1) is 0 Å². The summed E-state index contributed by atoms with van der Waals surface area (Å²) >= 11 is 0. The van der Waals surface area contributed by atoms with E-state index < -0.39 is 11.8 Å². The smallest absolute Gasteiger partial charge is 0.273 e. The molecule has 0 unspecified atom stereocenters. The molecule has 0 atom stereocenters. The Balaban J connectivity index is 1.58. The van der Waals surface area contributed by atoms with Crippen molar-refractivity contribution in [1.82, 2.24) is 5.43 Å². The van der Waals surface area contributed by atoms with Crippen LogP contribution in [-0.4, -0.2) is 37.7 Å². The van der Waals surface area contributed by atoms with Gasteiger partial charge in [-0.2, -0.15) is 5.10 Å². The highest BCUT2D eigenvalue weighted by Gasteiger charge is 2.13. The third-order valence-corrected chi connectivity index (χ3v) is 4.61. The van der Waals surface area contributed by atoms with Crippen molar-refractivity contribution >= 4 is 29.6 Å². The Morgan fingerprint density at radius 1 is 0.941 bits per heavy atom. The van der Waals surface area contributed by atoms with Crippen molar-refractivity contribution in [2.45, 2.75) is 6.42 Å². The van der Waals surface area contributed by atoms with Gasteiger partial charge in [0.15, 0.2) is 6.61 Å². The summed E-state index contributed by atoms with van der Waals surface area (Å²) in [7, 11) is 1.58. The second-order valence-electron chi connectivity index (χ2n) is 7.14. The number of methoxy groups -OCH3 is 1. The van der Waals surface area contributed by atoms with E-state index in [0.29, 0.717) is 22.7 Å². The molecule has 0 fully saturated rings. The molecule has 0 radical (unpaired) electrons. The van der Waals surface area contributed by atoms with E-state index >= 15 is 0 Å². The number of ether oxygens (including phenoxy) is 2. The van der Waals surface area contributed by atoms with Gasteiger partial charge < -0.3 is 20.5 Å². The monoisotopic (exact) mass is 460 g/mol. The minimum absolute atomic E-state index is 0.150. The number of hydrogen-bond donors (Lipinski definition) is 3. The Kier molecular flexibility index (Phi) is 8.34. The van der Waals surface area contributed by atoms with E-state index in [0.717, 1.165) is 5.56 Å².